The van der Waals surface area contributed by atoms with Crippen LogP contribution >= 0.6 is 27.3 Å². The number of sulfonamides is 1. The van der Waals surface area contributed by atoms with Gasteiger partial charge in [-0.25, -0.2) is 8.42 Å². The maximum absolute atomic E-state index is 12.7. The number of thiophene rings is 1. The predicted octanol–water partition coefficient (Wildman–Crippen LogP) is 3.92. The number of carbonyl (C=O) groups excluding carboxylic acids is 1. The fraction of sp³-hybridized carbons (Fsp3) is 0.267. The van der Waals surface area contributed by atoms with Crippen molar-refractivity contribution >= 4 is 43.1 Å². The summed E-state index contributed by atoms with van der Waals surface area (Å²) in [6.07, 6.45) is 0. The van der Waals surface area contributed by atoms with E-state index in [-0.39, 0.29) is 10.7 Å². The lowest BCUT2D eigenvalue weighted by Gasteiger charge is -2.20. The Morgan fingerprint density at radius 3 is 2.27 bits per heavy atom. The molecular weight excluding hydrogens is 386 g/mol. The zero-order valence-electron chi connectivity index (χ0n) is 12.2. The normalized spacial score (nSPS) is 11.8. The Bertz CT molecular complexity index is 766. The molecular formula is C15H16BrNO3S2. The molecule has 0 aliphatic heterocycles. The average Bonchev–Trinajstić information content (AvgIpc) is 2.90. The molecule has 4 nitrogen and oxygen atoms in total. The number of benzene rings is 1. The fourth-order valence-electron chi connectivity index (χ4n) is 1.99. The molecule has 0 radical (unpaired) electrons. The molecule has 0 aliphatic carbocycles. The van der Waals surface area contributed by atoms with Gasteiger partial charge in [-0.1, -0.05) is 19.1 Å². The molecule has 0 atom stereocenters. The second-order valence-corrected chi connectivity index (χ2v) is 9.20. The molecule has 1 aromatic carbocycles. The number of hydrogen-bond donors (Lipinski definition) is 0. The minimum absolute atomic E-state index is 0.0836. The molecule has 0 aliphatic rings. The molecule has 0 unspecified atom stereocenters. The fourth-order valence-corrected chi connectivity index (χ4v) is 5.00. The summed E-state index contributed by atoms with van der Waals surface area (Å²) >= 11 is 4.89. The van der Waals surface area contributed by atoms with Gasteiger partial charge in [0.25, 0.3) is 0 Å². The van der Waals surface area contributed by atoms with Crippen molar-refractivity contribution in [1.82, 2.24) is 4.31 Å². The van der Waals surface area contributed by atoms with Gasteiger partial charge in [0, 0.05) is 23.5 Å². The van der Waals surface area contributed by atoms with Crippen molar-refractivity contribution < 1.29 is 13.2 Å². The van der Waals surface area contributed by atoms with Gasteiger partial charge in [0.2, 0.25) is 10.0 Å². The van der Waals surface area contributed by atoms with Gasteiger partial charge in [0.15, 0.2) is 5.78 Å². The molecule has 0 spiro atoms. The molecule has 22 heavy (non-hydrogen) atoms. The number of hydrogen-bond acceptors (Lipinski definition) is 4. The SMILES string of the molecule is CCN(Cc1ccc(Br)s1)S(=O)(=O)c1ccc(C(C)=O)cc1. The van der Waals surface area contributed by atoms with Gasteiger partial charge < -0.3 is 0 Å². The summed E-state index contributed by atoms with van der Waals surface area (Å²) in [5.74, 6) is -0.0836. The second kappa shape index (κ2) is 7.04. The highest BCUT2D eigenvalue weighted by atomic mass is 79.9. The van der Waals surface area contributed by atoms with Crippen LogP contribution in [0.2, 0.25) is 0 Å². The van der Waals surface area contributed by atoms with E-state index in [0.717, 1.165) is 8.66 Å². The third kappa shape index (κ3) is 3.84. The van der Waals surface area contributed by atoms with Crippen LogP contribution in [0.1, 0.15) is 29.1 Å². The van der Waals surface area contributed by atoms with Gasteiger partial charge in [0.05, 0.1) is 8.68 Å². The first-order valence-electron chi connectivity index (χ1n) is 6.70. The third-order valence-corrected chi connectivity index (χ3v) is 6.76. The average molecular weight is 402 g/mol. The van der Waals surface area contributed by atoms with Crippen molar-refractivity contribution in [1.29, 1.82) is 0 Å². The lowest BCUT2D eigenvalue weighted by Crippen LogP contribution is -2.30. The van der Waals surface area contributed by atoms with E-state index in [1.54, 1.807) is 12.1 Å². The lowest BCUT2D eigenvalue weighted by molar-refractivity contribution is 0.101. The molecule has 1 aromatic heterocycles. The Labute approximate surface area is 143 Å². The Morgan fingerprint density at radius 2 is 1.82 bits per heavy atom. The van der Waals surface area contributed by atoms with Crippen molar-refractivity contribution in [2.75, 3.05) is 6.54 Å². The summed E-state index contributed by atoms with van der Waals surface area (Å²) < 4.78 is 27.8. The standard InChI is InChI=1S/C15H16BrNO3S2/c1-3-17(10-13-6-9-15(16)21-13)22(19,20)14-7-4-12(5-8-14)11(2)18/h4-9H,3,10H2,1-2H3. The maximum Gasteiger partial charge on any atom is 0.243 e. The Balaban J connectivity index is 2.27. The van der Waals surface area contributed by atoms with Crippen LogP contribution in [0.25, 0.3) is 0 Å². The van der Waals surface area contributed by atoms with Crippen LogP contribution in [-0.2, 0) is 16.6 Å². The van der Waals surface area contributed by atoms with Crippen molar-refractivity contribution in [3.63, 3.8) is 0 Å². The molecule has 0 amide bonds. The molecule has 2 rings (SSSR count). The first kappa shape index (κ1) is 17.3. The highest BCUT2D eigenvalue weighted by Gasteiger charge is 2.23. The zero-order chi connectivity index (χ0) is 16.3. The number of Topliss-reactive ketones (excluding diaryl/α,β-unsaturated/α-hetero) is 1. The first-order valence-corrected chi connectivity index (χ1v) is 9.75. The smallest absolute Gasteiger partial charge is 0.243 e. The van der Waals surface area contributed by atoms with Crippen molar-refractivity contribution in [2.45, 2.75) is 25.3 Å². The van der Waals surface area contributed by atoms with E-state index in [9.17, 15) is 13.2 Å². The van der Waals surface area contributed by atoms with Gasteiger partial charge in [-0.2, -0.15) is 4.31 Å². The Kier molecular flexibility index (Phi) is 5.55. The highest BCUT2D eigenvalue weighted by molar-refractivity contribution is 9.11. The molecule has 0 saturated carbocycles. The van der Waals surface area contributed by atoms with Gasteiger partial charge in [-0.3, -0.25) is 4.79 Å². The van der Waals surface area contributed by atoms with Gasteiger partial charge in [-0.15, -0.1) is 11.3 Å². The topological polar surface area (TPSA) is 54.5 Å². The summed E-state index contributed by atoms with van der Waals surface area (Å²) in [6.45, 7) is 3.98. The van der Waals surface area contributed by atoms with Crippen molar-refractivity contribution in [2.24, 2.45) is 0 Å². The summed E-state index contributed by atoms with van der Waals surface area (Å²) in [4.78, 5) is 12.5. The Morgan fingerprint density at radius 1 is 1.18 bits per heavy atom. The minimum atomic E-state index is -3.57. The summed E-state index contributed by atoms with van der Waals surface area (Å²) in [5.41, 5.74) is 0.504. The van der Waals surface area contributed by atoms with Crippen LogP contribution in [0.4, 0.5) is 0 Å². The molecule has 2 aromatic rings. The monoisotopic (exact) mass is 401 g/mol. The molecule has 0 N–H and O–H groups in total. The Hall–Kier alpha value is -1.02. The minimum Gasteiger partial charge on any atom is -0.295 e. The van der Waals surface area contributed by atoms with Crippen LogP contribution in [-0.4, -0.2) is 25.1 Å². The van der Waals surface area contributed by atoms with E-state index in [1.807, 2.05) is 19.1 Å². The van der Waals surface area contributed by atoms with E-state index in [2.05, 4.69) is 15.9 Å². The number of rotatable bonds is 6. The van der Waals surface area contributed by atoms with E-state index < -0.39 is 10.0 Å². The van der Waals surface area contributed by atoms with Gasteiger partial charge >= 0.3 is 0 Å². The number of nitrogens with zero attached hydrogens (tertiary/aromatic N) is 1. The maximum atomic E-state index is 12.7. The summed E-state index contributed by atoms with van der Waals surface area (Å²) in [6, 6.07) is 9.88. The molecule has 118 valence electrons. The summed E-state index contributed by atoms with van der Waals surface area (Å²) in [7, 11) is -3.57. The highest BCUT2D eigenvalue weighted by Crippen LogP contribution is 2.25. The number of ketones is 1. The lowest BCUT2D eigenvalue weighted by atomic mass is 10.2. The van der Waals surface area contributed by atoms with Crippen LogP contribution < -0.4 is 0 Å². The third-order valence-electron chi connectivity index (χ3n) is 3.21. The van der Waals surface area contributed by atoms with Crippen LogP contribution in [0, 0.1) is 0 Å². The van der Waals surface area contributed by atoms with Crippen LogP contribution in [0.3, 0.4) is 0 Å². The van der Waals surface area contributed by atoms with Crippen LogP contribution in [0.5, 0.6) is 0 Å². The largest absolute Gasteiger partial charge is 0.295 e. The number of halogens is 1. The first-order chi connectivity index (χ1) is 10.3. The van der Waals surface area contributed by atoms with E-state index in [1.165, 1.54) is 34.7 Å². The number of carbonyl (C=O) groups is 1. The molecule has 0 saturated heterocycles. The quantitative estimate of drug-likeness (QED) is 0.689. The van der Waals surface area contributed by atoms with Gasteiger partial charge in [0.1, 0.15) is 0 Å². The molecule has 0 bridgehead atoms. The zero-order valence-corrected chi connectivity index (χ0v) is 15.5. The van der Waals surface area contributed by atoms with Crippen molar-refractivity contribution in [3.05, 3.63) is 50.6 Å². The van der Waals surface area contributed by atoms with Gasteiger partial charge in [-0.05, 0) is 47.1 Å². The summed E-state index contributed by atoms with van der Waals surface area (Å²) in [5, 5.41) is 0. The van der Waals surface area contributed by atoms with E-state index >= 15 is 0 Å². The van der Waals surface area contributed by atoms with Crippen molar-refractivity contribution in [3.8, 4) is 0 Å². The molecule has 7 heteroatoms. The second-order valence-electron chi connectivity index (χ2n) is 4.72. The predicted molar refractivity (Wildman–Crippen MR) is 91.7 cm³/mol. The molecule has 0 fully saturated rings. The van der Waals surface area contributed by atoms with E-state index in [4.69, 9.17) is 0 Å². The molecule has 1 heterocycles. The van der Waals surface area contributed by atoms with E-state index in [0.29, 0.717) is 18.7 Å². The van der Waals surface area contributed by atoms with Crippen LogP contribution in [0.15, 0.2) is 45.1 Å².